The van der Waals surface area contributed by atoms with Crippen LogP contribution in [-0.4, -0.2) is 18.6 Å². The van der Waals surface area contributed by atoms with Gasteiger partial charge in [-0.1, -0.05) is 27.2 Å². The maximum Gasteiger partial charge on any atom is 0.331 e. The zero-order valence-electron chi connectivity index (χ0n) is 13.6. The highest BCUT2D eigenvalue weighted by Crippen LogP contribution is 2.29. The van der Waals surface area contributed by atoms with Gasteiger partial charge in [-0.05, 0) is 49.4 Å². The van der Waals surface area contributed by atoms with Crippen LogP contribution in [0.2, 0.25) is 0 Å². The third-order valence-corrected chi connectivity index (χ3v) is 4.00. The van der Waals surface area contributed by atoms with Gasteiger partial charge in [0.05, 0.1) is 7.11 Å². The van der Waals surface area contributed by atoms with Crippen molar-refractivity contribution in [1.29, 1.82) is 0 Å². The first-order valence-electron chi connectivity index (χ1n) is 7.50. The molecule has 0 amide bonds. The molecule has 0 aliphatic rings. The van der Waals surface area contributed by atoms with Crippen LogP contribution in [0.4, 0.5) is 10.1 Å². The van der Waals surface area contributed by atoms with Crippen LogP contribution in [0.3, 0.4) is 0 Å². The lowest BCUT2D eigenvalue weighted by atomic mass is 9.84. The molecule has 0 spiro atoms. The molecule has 0 heterocycles. The Morgan fingerprint density at radius 2 is 2.05 bits per heavy atom. The average Bonchev–Trinajstić information content (AvgIpc) is 2.44. The SMILES string of the molecule is CCC(C)CC(CC)(Nc1cc(C)cc(F)c1)C(=O)OC. The van der Waals surface area contributed by atoms with Crippen molar-refractivity contribution >= 4 is 11.7 Å². The van der Waals surface area contributed by atoms with Crippen molar-refractivity contribution in [3.05, 3.63) is 29.6 Å². The molecule has 0 radical (unpaired) electrons. The van der Waals surface area contributed by atoms with E-state index in [-0.39, 0.29) is 11.8 Å². The van der Waals surface area contributed by atoms with Gasteiger partial charge in [0.2, 0.25) is 0 Å². The molecule has 0 fully saturated rings. The number of ether oxygens (including phenoxy) is 1. The molecule has 1 N–H and O–H groups in total. The van der Waals surface area contributed by atoms with E-state index < -0.39 is 5.54 Å². The molecule has 1 aromatic rings. The highest BCUT2D eigenvalue weighted by atomic mass is 19.1. The van der Waals surface area contributed by atoms with Gasteiger partial charge in [-0.15, -0.1) is 0 Å². The molecule has 0 saturated carbocycles. The van der Waals surface area contributed by atoms with Crippen LogP contribution < -0.4 is 5.32 Å². The summed E-state index contributed by atoms with van der Waals surface area (Å²) in [5.74, 6) is -0.241. The number of aryl methyl sites for hydroxylation is 1. The average molecular weight is 295 g/mol. The zero-order valence-corrected chi connectivity index (χ0v) is 13.6. The van der Waals surface area contributed by atoms with Crippen LogP contribution in [0, 0.1) is 18.7 Å². The number of methoxy groups -OCH3 is 1. The fourth-order valence-electron chi connectivity index (χ4n) is 2.58. The molecule has 1 rings (SSSR count). The van der Waals surface area contributed by atoms with E-state index in [0.29, 0.717) is 24.4 Å². The molecule has 2 atom stereocenters. The van der Waals surface area contributed by atoms with Crippen LogP contribution in [-0.2, 0) is 9.53 Å². The number of carbonyl (C=O) groups excluding carboxylic acids is 1. The first kappa shape index (κ1) is 17.5. The van der Waals surface area contributed by atoms with Crippen molar-refractivity contribution in [3.8, 4) is 0 Å². The lowest BCUT2D eigenvalue weighted by molar-refractivity contribution is -0.146. The number of esters is 1. The van der Waals surface area contributed by atoms with Crippen molar-refractivity contribution in [1.82, 2.24) is 0 Å². The second-order valence-corrected chi connectivity index (χ2v) is 5.79. The normalized spacial score (nSPS) is 15.1. The lowest BCUT2D eigenvalue weighted by Crippen LogP contribution is -2.48. The van der Waals surface area contributed by atoms with Crippen molar-refractivity contribution in [2.75, 3.05) is 12.4 Å². The number of anilines is 1. The molecular weight excluding hydrogens is 269 g/mol. The summed E-state index contributed by atoms with van der Waals surface area (Å²) < 4.78 is 18.6. The number of hydrogen-bond acceptors (Lipinski definition) is 3. The first-order valence-corrected chi connectivity index (χ1v) is 7.50. The van der Waals surface area contributed by atoms with E-state index in [9.17, 15) is 9.18 Å². The molecule has 0 aromatic heterocycles. The largest absolute Gasteiger partial charge is 0.467 e. The minimum absolute atomic E-state index is 0.299. The van der Waals surface area contributed by atoms with Crippen molar-refractivity contribution < 1.29 is 13.9 Å². The maximum atomic E-state index is 13.6. The quantitative estimate of drug-likeness (QED) is 0.762. The minimum atomic E-state index is -0.815. The van der Waals surface area contributed by atoms with Crippen LogP contribution in [0.25, 0.3) is 0 Å². The van der Waals surface area contributed by atoms with Gasteiger partial charge in [0.15, 0.2) is 0 Å². The van der Waals surface area contributed by atoms with Crippen molar-refractivity contribution in [2.45, 2.75) is 52.5 Å². The highest BCUT2D eigenvalue weighted by molar-refractivity contribution is 5.84. The molecule has 2 unspecified atom stereocenters. The summed E-state index contributed by atoms with van der Waals surface area (Å²) in [6.45, 7) is 7.97. The summed E-state index contributed by atoms with van der Waals surface area (Å²) in [5, 5.41) is 3.23. The highest BCUT2D eigenvalue weighted by Gasteiger charge is 2.39. The number of rotatable bonds is 7. The third kappa shape index (κ3) is 4.45. The smallest absolute Gasteiger partial charge is 0.331 e. The fraction of sp³-hybridized carbons (Fsp3) is 0.588. The predicted octanol–water partition coefficient (Wildman–Crippen LogP) is 4.30. The summed E-state index contributed by atoms with van der Waals surface area (Å²) in [7, 11) is 1.39. The maximum absolute atomic E-state index is 13.6. The van der Waals surface area contributed by atoms with Gasteiger partial charge < -0.3 is 10.1 Å². The Bertz CT molecular complexity index is 469. The molecule has 0 aliphatic heterocycles. The Morgan fingerprint density at radius 1 is 1.38 bits per heavy atom. The lowest BCUT2D eigenvalue weighted by Gasteiger charge is -2.34. The second kappa shape index (κ2) is 7.43. The molecule has 3 nitrogen and oxygen atoms in total. The molecule has 0 bridgehead atoms. The van der Waals surface area contributed by atoms with E-state index in [1.54, 1.807) is 0 Å². The van der Waals surface area contributed by atoms with Crippen LogP contribution >= 0.6 is 0 Å². The number of hydrogen-bond donors (Lipinski definition) is 1. The number of halogens is 1. The van der Waals surface area contributed by atoms with Crippen LogP contribution in [0.5, 0.6) is 0 Å². The Kier molecular flexibility index (Phi) is 6.19. The summed E-state index contributed by atoms with van der Waals surface area (Å²) in [5.41, 5.74) is 0.615. The second-order valence-electron chi connectivity index (χ2n) is 5.79. The Morgan fingerprint density at radius 3 is 2.52 bits per heavy atom. The van der Waals surface area contributed by atoms with E-state index in [0.717, 1.165) is 12.0 Å². The van der Waals surface area contributed by atoms with Gasteiger partial charge in [-0.3, -0.25) is 0 Å². The van der Waals surface area contributed by atoms with Gasteiger partial charge in [0.25, 0.3) is 0 Å². The molecule has 0 aliphatic carbocycles. The summed E-state index contributed by atoms with van der Waals surface area (Å²) in [6, 6.07) is 4.72. The minimum Gasteiger partial charge on any atom is -0.467 e. The summed E-state index contributed by atoms with van der Waals surface area (Å²) >= 11 is 0. The topological polar surface area (TPSA) is 38.3 Å². The third-order valence-electron chi connectivity index (χ3n) is 4.00. The van der Waals surface area contributed by atoms with Gasteiger partial charge in [-0.2, -0.15) is 0 Å². The molecule has 1 aromatic carbocycles. The summed E-state index contributed by atoms with van der Waals surface area (Å²) in [6.07, 6.45) is 2.21. The molecule has 4 heteroatoms. The number of benzene rings is 1. The van der Waals surface area contributed by atoms with Gasteiger partial charge in [-0.25, -0.2) is 9.18 Å². The van der Waals surface area contributed by atoms with Crippen LogP contribution in [0.1, 0.15) is 45.6 Å². The monoisotopic (exact) mass is 295 g/mol. The number of nitrogens with one attached hydrogen (secondary N) is 1. The Hall–Kier alpha value is -1.58. The summed E-state index contributed by atoms with van der Waals surface area (Å²) in [4.78, 5) is 12.3. The van der Waals surface area contributed by atoms with E-state index in [2.05, 4.69) is 19.2 Å². The van der Waals surface area contributed by atoms with Gasteiger partial charge >= 0.3 is 5.97 Å². The predicted molar refractivity (Wildman–Crippen MR) is 83.9 cm³/mol. The molecular formula is C17H26FNO2. The number of carbonyl (C=O) groups is 1. The Labute approximate surface area is 126 Å². The van der Waals surface area contributed by atoms with Crippen molar-refractivity contribution in [3.63, 3.8) is 0 Å². The first-order chi connectivity index (χ1) is 9.86. The van der Waals surface area contributed by atoms with Crippen molar-refractivity contribution in [2.24, 2.45) is 5.92 Å². The van der Waals surface area contributed by atoms with Gasteiger partial charge in [0, 0.05) is 5.69 Å². The van der Waals surface area contributed by atoms with Gasteiger partial charge in [0.1, 0.15) is 11.4 Å². The van der Waals surface area contributed by atoms with E-state index in [4.69, 9.17) is 4.74 Å². The standard InChI is InChI=1S/C17H26FNO2/c1-6-12(3)11-17(7-2,16(20)21-5)19-15-9-13(4)8-14(18)10-15/h8-10,12,19H,6-7,11H2,1-5H3. The molecule has 118 valence electrons. The van der Waals surface area contributed by atoms with E-state index in [1.807, 2.05) is 19.9 Å². The molecule has 21 heavy (non-hydrogen) atoms. The van der Waals surface area contributed by atoms with Crippen LogP contribution in [0.15, 0.2) is 18.2 Å². The van der Waals surface area contributed by atoms with E-state index in [1.165, 1.54) is 19.2 Å². The zero-order chi connectivity index (χ0) is 16.0. The van der Waals surface area contributed by atoms with E-state index >= 15 is 0 Å². The molecule has 0 saturated heterocycles. The Balaban J connectivity index is 3.13. The fourth-order valence-corrected chi connectivity index (χ4v) is 2.58.